The van der Waals surface area contributed by atoms with Crippen molar-refractivity contribution in [3.63, 3.8) is 0 Å². The lowest BCUT2D eigenvalue weighted by Gasteiger charge is -2.03. The number of anilines is 1. The van der Waals surface area contributed by atoms with Crippen molar-refractivity contribution in [3.8, 4) is 0 Å². The molecule has 0 heterocycles. The number of hydrazone groups is 1. The summed E-state index contributed by atoms with van der Waals surface area (Å²) in [4.78, 5) is 0. The van der Waals surface area contributed by atoms with Gasteiger partial charge < -0.3 is 5.32 Å². The lowest BCUT2D eigenvalue weighted by molar-refractivity contribution is -0.499. The second-order valence-electron chi connectivity index (χ2n) is 4.09. The highest BCUT2D eigenvalue weighted by atomic mass is 32.1. The van der Waals surface area contributed by atoms with Crippen LogP contribution in [0.15, 0.2) is 54.6 Å². The fraction of sp³-hybridized carbons (Fsp3) is 0.0667. The lowest BCUT2D eigenvalue weighted by Crippen LogP contribution is -2.82. The van der Waals surface area contributed by atoms with Gasteiger partial charge in [0.2, 0.25) is 5.11 Å². The van der Waals surface area contributed by atoms with Gasteiger partial charge in [-0.2, -0.15) is 0 Å². The molecule has 0 spiro atoms. The summed E-state index contributed by atoms with van der Waals surface area (Å²) in [7, 11) is 0. The van der Waals surface area contributed by atoms with Gasteiger partial charge in [-0.3, -0.25) is 0 Å². The topological polar surface area (TPSA) is 38.0 Å². The van der Waals surface area contributed by atoms with E-state index in [1.807, 2.05) is 54.7 Å². The standard InChI is InChI=1S/C15H15N3S/c1-12-7-5-6-8-13(12)11-16-18-15(19)17-14-9-3-2-4-10-14/h2-11H,1H3,(H2,17,18,19)/p+1. The smallest absolute Gasteiger partial charge is 0.228 e. The van der Waals surface area contributed by atoms with E-state index in [0.29, 0.717) is 5.11 Å². The number of thiocarbonyl (C=S) groups is 1. The average molecular weight is 270 g/mol. The Kier molecular flexibility index (Phi) is 4.64. The number of hydrogen-bond acceptors (Lipinski definition) is 1. The van der Waals surface area contributed by atoms with Crippen molar-refractivity contribution < 1.29 is 5.10 Å². The number of para-hydroxylation sites is 1. The van der Waals surface area contributed by atoms with E-state index >= 15 is 0 Å². The van der Waals surface area contributed by atoms with E-state index in [2.05, 4.69) is 28.8 Å². The van der Waals surface area contributed by atoms with Crippen molar-refractivity contribution in [3.05, 3.63) is 65.7 Å². The van der Waals surface area contributed by atoms with Gasteiger partial charge >= 0.3 is 0 Å². The van der Waals surface area contributed by atoms with Crippen molar-refractivity contribution in [2.24, 2.45) is 0 Å². The molecule has 0 aliphatic heterocycles. The van der Waals surface area contributed by atoms with E-state index in [0.717, 1.165) is 11.3 Å². The summed E-state index contributed by atoms with van der Waals surface area (Å²) in [6.45, 7) is 2.06. The summed E-state index contributed by atoms with van der Waals surface area (Å²) in [5.41, 5.74) is 6.21. The molecule has 0 atom stereocenters. The molecule has 0 radical (unpaired) electrons. The molecule has 0 bridgehead atoms. The summed E-state index contributed by atoms with van der Waals surface area (Å²) in [5.74, 6) is 0. The Morgan fingerprint density at radius 2 is 1.74 bits per heavy atom. The molecule has 3 nitrogen and oxygen atoms in total. The van der Waals surface area contributed by atoms with Gasteiger partial charge in [0, 0.05) is 11.3 Å². The van der Waals surface area contributed by atoms with Crippen LogP contribution >= 0.6 is 12.2 Å². The maximum absolute atomic E-state index is 5.18. The van der Waals surface area contributed by atoms with Crippen molar-refractivity contribution in [2.75, 3.05) is 5.32 Å². The molecule has 0 unspecified atom stereocenters. The maximum atomic E-state index is 5.18. The molecule has 2 rings (SSSR count). The third-order valence-electron chi connectivity index (χ3n) is 2.63. The van der Waals surface area contributed by atoms with E-state index in [1.54, 1.807) is 0 Å². The number of hydrazine groups is 1. The molecule has 0 fully saturated rings. The van der Waals surface area contributed by atoms with Gasteiger partial charge in [-0.25, -0.2) is 0 Å². The summed E-state index contributed by atoms with van der Waals surface area (Å²) < 4.78 is 0. The molecular weight excluding hydrogens is 254 g/mol. The first-order chi connectivity index (χ1) is 9.25. The molecule has 0 aliphatic carbocycles. The van der Waals surface area contributed by atoms with Gasteiger partial charge in [0.1, 0.15) is 0 Å². The summed E-state index contributed by atoms with van der Waals surface area (Å²) in [6.07, 6.45) is 1.88. The minimum Gasteiger partial charge on any atom is -0.328 e. The Labute approximate surface area is 118 Å². The molecule has 96 valence electrons. The predicted octanol–water partition coefficient (Wildman–Crippen LogP) is 1.40. The van der Waals surface area contributed by atoms with Gasteiger partial charge in [-0.05, 0) is 42.9 Å². The molecule has 0 saturated carbocycles. The van der Waals surface area contributed by atoms with Crippen LogP contribution in [0.4, 0.5) is 5.69 Å². The zero-order chi connectivity index (χ0) is 13.5. The Hall–Kier alpha value is -2.20. The highest BCUT2D eigenvalue weighted by Crippen LogP contribution is 2.03. The van der Waals surface area contributed by atoms with Crippen LogP contribution in [-0.2, 0) is 0 Å². The number of aryl methyl sites for hydroxylation is 1. The minimum atomic E-state index is 0.524. The third kappa shape index (κ3) is 4.19. The van der Waals surface area contributed by atoms with Crippen LogP contribution in [0.2, 0.25) is 0 Å². The SMILES string of the molecule is Cc1ccccc1C=[NH+]NC(=S)Nc1ccccc1. The van der Waals surface area contributed by atoms with Crippen molar-refractivity contribution >= 4 is 29.2 Å². The van der Waals surface area contributed by atoms with Gasteiger partial charge in [-0.15, -0.1) is 10.5 Å². The summed E-state index contributed by atoms with van der Waals surface area (Å²) >= 11 is 5.18. The van der Waals surface area contributed by atoms with Crippen LogP contribution in [0, 0.1) is 6.92 Å². The third-order valence-corrected chi connectivity index (χ3v) is 2.84. The van der Waals surface area contributed by atoms with Crippen LogP contribution in [-0.4, -0.2) is 11.3 Å². The van der Waals surface area contributed by atoms with Crippen LogP contribution in [0.25, 0.3) is 0 Å². The molecule has 3 N–H and O–H groups in total. The first kappa shape index (κ1) is 13.2. The fourth-order valence-electron chi connectivity index (χ4n) is 1.61. The summed E-state index contributed by atoms with van der Waals surface area (Å²) in [6, 6.07) is 17.9. The zero-order valence-electron chi connectivity index (χ0n) is 10.7. The highest BCUT2D eigenvalue weighted by molar-refractivity contribution is 7.80. The van der Waals surface area contributed by atoms with Gasteiger partial charge in [0.25, 0.3) is 0 Å². The van der Waals surface area contributed by atoms with Gasteiger partial charge in [0.15, 0.2) is 6.21 Å². The first-order valence-corrected chi connectivity index (χ1v) is 6.43. The average Bonchev–Trinajstić information content (AvgIpc) is 2.42. The Balaban J connectivity index is 1.89. The lowest BCUT2D eigenvalue weighted by atomic mass is 10.1. The maximum Gasteiger partial charge on any atom is 0.228 e. The fourth-order valence-corrected chi connectivity index (χ4v) is 1.79. The minimum absolute atomic E-state index is 0.524. The molecule has 2 aromatic carbocycles. The van der Waals surface area contributed by atoms with Gasteiger partial charge in [-0.1, -0.05) is 36.4 Å². The van der Waals surface area contributed by atoms with Crippen LogP contribution in [0.3, 0.4) is 0 Å². The molecule has 0 amide bonds. The molecule has 2 aromatic rings. The molecule has 19 heavy (non-hydrogen) atoms. The number of rotatable bonds is 3. The second-order valence-corrected chi connectivity index (χ2v) is 4.50. The normalized spacial score (nSPS) is 10.4. The number of nitrogens with one attached hydrogen (secondary N) is 3. The quantitative estimate of drug-likeness (QED) is 0.448. The second kappa shape index (κ2) is 6.66. The van der Waals surface area contributed by atoms with Crippen molar-refractivity contribution in [2.45, 2.75) is 6.92 Å². The number of benzene rings is 2. The predicted molar refractivity (Wildman–Crippen MR) is 83.1 cm³/mol. The Morgan fingerprint density at radius 1 is 1.05 bits per heavy atom. The Morgan fingerprint density at radius 3 is 2.47 bits per heavy atom. The largest absolute Gasteiger partial charge is 0.328 e. The van der Waals surface area contributed by atoms with Crippen LogP contribution in [0.1, 0.15) is 11.1 Å². The van der Waals surface area contributed by atoms with E-state index in [9.17, 15) is 0 Å². The van der Waals surface area contributed by atoms with Crippen molar-refractivity contribution in [1.82, 2.24) is 5.43 Å². The first-order valence-electron chi connectivity index (χ1n) is 6.02. The molecule has 0 saturated heterocycles. The molecule has 0 aromatic heterocycles. The van der Waals surface area contributed by atoms with E-state index in [-0.39, 0.29) is 0 Å². The van der Waals surface area contributed by atoms with E-state index in [4.69, 9.17) is 12.2 Å². The zero-order valence-corrected chi connectivity index (χ0v) is 11.5. The van der Waals surface area contributed by atoms with Crippen LogP contribution in [0.5, 0.6) is 0 Å². The summed E-state index contributed by atoms with van der Waals surface area (Å²) in [5, 5.41) is 6.59. The highest BCUT2D eigenvalue weighted by Gasteiger charge is 1.98. The Bertz CT molecular complexity index is 579. The monoisotopic (exact) mass is 270 g/mol. The van der Waals surface area contributed by atoms with E-state index < -0.39 is 0 Å². The van der Waals surface area contributed by atoms with Crippen molar-refractivity contribution in [1.29, 1.82) is 0 Å². The van der Waals surface area contributed by atoms with Crippen LogP contribution < -0.4 is 15.8 Å². The number of hydrogen-bond donors (Lipinski definition) is 3. The molecular formula is C15H16N3S+. The van der Waals surface area contributed by atoms with Gasteiger partial charge in [0.05, 0.1) is 0 Å². The molecule has 0 aliphatic rings. The van der Waals surface area contributed by atoms with E-state index in [1.165, 1.54) is 5.56 Å². The molecule has 4 heteroatoms.